The van der Waals surface area contributed by atoms with Crippen LogP contribution in [0.15, 0.2) is 137 Å². The van der Waals surface area contributed by atoms with Crippen LogP contribution in [0.2, 0.25) is 0 Å². The number of hydrogen-bond donors (Lipinski definition) is 0. The van der Waals surface area contributed by atoms with Gasteiger partial charge in [-0.15, -0.1) is 0 Å². The van der Waals surface area contributed by atoms with Gasteiger partial charge in [0.1, 0.15) is 0 Å². The van der Waals surface area contributed by atoms with Gasteiger partial charge in [-0.2, -0.15) is 0 Å². The van der Waals surface area contributed by atoms with Crippen molar-refractivity contribution in [1.82, 2.24) is 4.31 Å². The lowest BCUT2D eigenvalue weighted by Gasteiger charge is -2.32. The first-order chi connectivity index (χ1) is 18.4. The van der Waals surface area contributed by atoms with Gasteiger partial charge in [-0.3, -0.25) is 13.9 Å². The van der Waals surface area contributed by atoms with E-state index in [1.165, 1.54) is 4.31 Å². The van der Waals surface area contributed by atoms with E-state index in [1.54, 1.807) is 115 Å². The van der Waals surface area contributed by atoms with E-state index >= 15 is 0 Å². The molecule has 0 aromatic heterocycles. The van der Waals surface area contributed by atoms with Crippen molar-refractivity contribution in [1.29, 1.82) is 0 Å². The van der Waals surface area contributed by atoms with E-state index in [1.807, 2.05) is 13.0 Å². The van der Waals surface area contributed by atoms with Gasteiger partial charge in [0, 0.05) is 22.3 Å². The Balaban J connectivity index is 1.77. The van der Waals surface area contributed by atoms with E-state index in [-0.39, 0.29) is 39.8 Å². The summed E-state index contributed by atoms with van der Waals surface area (Å²) in [6.07, 6.45) is 1.55. The van der Waals surface area contributed by atoms with Gasteiger partial charge >= 0.3 is 0 Å². The number of aryl methyl sites for hydroxylation is 1. The summed E-state index contributed by atoms with van der Waals surface area (Å²) in [6, 6.07) is 32.8. The predicted octanol–water partition coefficient (Wildman–Crippen LogP) is 6.10. The maximum atomic E-state index is 14.1. The lowest BCUT2D eigenvalue weighted by Crippen LogP contribution is -2.37. The molecule has 1 heterocycles. The first-order valence-corrected chi connectivity index (χ1v) is 13.6. The average molecular weight is 520 g/mol. The number of benzene rings is 4. The van der Waals surface area contributed by atoms with Crippen molar-refractivity contribution in [3.05, 3.63) is 155 Å². The number of allylic oxidation sites excluding steroid dienone is 2. The van der Waals surface area contributed by atoms with Crippen molar-refractivity contribution in [2.24, 2.45) is 0 Å². The summed E-state index contributed by atoms with van der Waals surface area (Å²) in [4.78, 5) is 27.6. The van der Waals surface area contributed by atoms with Crippen molar-refractivity contribution in [2.45, 2.75) is 11.8 Å². The summed E-state index contributed by atoms with van der Waals surface area (Å²) in [5.41, 5.74) is 2.89. The first-order valence-electron chi connectivity index (χ1n) is 12.2. The lowest BCUT2D eigenvalue weighted by atomic mass is 9.91. The molecule has 1 aliphatic heterocycles. The van der Waals surface area contributed by atoms with Gasteiger partial charge in [0.2, 0.25) is 0 Å². The van der Waals surface area contributed by atoms with Crippen LogP contribution in [0, 0.1) is 6.92 Å². The molecular weight excluding hydrogens is 494 g/mol. The van der Waals surface area contributed by atoms with E-state index in [0.29, 0.717) is 16.7 Å². The number of carbonyl (C=O) groups excluding carboxylic acids is 2. The Morgan fingerprint density at radius 2 is 1.16 bits per heavy atom. The molecule has 6 heteroatoms. The van der Waals surface area contributed by atoms with Crippen LogP contribution in [-0.2, 0) is 10.0 Å². The molecule has 4 aromatic rings. The topological polar surface area (TPSA) is 71.5 Å². The van der Waals surface area contributed by atoms with Gasteiger partial charge < -0.3 is 0 Å². The van der Waals surface area contributed by atoms with Crippen LogP contribution >= 0.6 is 0 Å². The molecular formula is C32H25NO4S. The van der Waals surface area contributed by atoms with E-state index in [2.05, 4.69) is 0 Å². The number of Topliss-reactive ketones (excluding diaryl/α,β-unsaturated/α-hetero) is 2. The van der Waals surface area contributed by atoms with Crippen LogP contribution in [0.5, 0.6) is 0 Å². The molecule has 1 aliphatic rings. The summed E-state index contributed by atoms with van der Waals surface area (Å²) in [7, 11) is -4.14. The maximum Gasteiger partial charge on any atom is 0.264 e. The van der Waals surface area contributed by atoms with Gasteiger partial charge in [-0.1, -0.05) is 109 Å². The van der Waals surface area contributed by atoms with Crippen LogP contribution in [0.3, 0.4) is 0 Å². The van der Waals surface area contributed by atoms with E-state index in [0.717, 1.165) is 5.56 Å². The largest absolute Gasteiger partial charge is 0.289 e. The Morgan fingerprint density at radius 1 is 0.658 bits per heavy atom. The fraction of sp³-hybridized carbons (Fsp3) is 0.0625. The molecule has 5 rings (SSSR count). The number of nitrogens with zero attached hydrogens (tertiary/aromatic N) is 1. The van der Waals surface area contributed by atoms with Crippen molar-refractivity contribution >= 4 is 27.3 Å². The fourth-order valence-corrected chi connectivity index (χ4v) is 5.91. The summed E-state index contributed by atoms with van der Waals surface area (Å²) in [5, 5.41) is 0. The maximum absolute atomic E-state index is 14.1. The molecule has 38 heavy (non-hydrogen) atoms. The average Bonchev–Trinajstić information content (AvgIpc) is 2.97. The van der Waals surface area contributed by atoms with Crippen molar-refractivity contribution in [3.63, 3.8) is 0 Å². The fourth-order valence-electron chi connectivity index (χ4n) is 4.42. The molecule has 5 nitrogen and oxygen atoms in total. The molecule has 0 aliphatic carbocycles. The summed E-state index contributed by atoms with van der Waals surface area (Å²) in [6.45, 7) is 1.67. The minimum atomic E-state index is -4.14. The number of sulfonamides is 1. The van der Waals surface area contributed by atoms with Crippen LogP contribution in [-0.4, -0.2) is 30.8 Å². The SMILES string of the molecule is Cc1ccc(S(=O)(=O)N2CC(C(=O)c3ccccc3)=CC(C(=O)c3ccccc3)=C2c2ccccc2)cc1. The Bertz CT molecular complexity index is 1660. The van der Waals surface area contributed by atoms with Crippen LogP contribution in [0.4, 0.5) is 0 Å². The Hall–Kier alpha value is -4.55. The minimum absolute atomic E-state index is 0.0800. The second kappa shape index (κ2) is 10.4. The quantitative estimate of drug-likeness (QED) is 0.277. The normalized spacial score (nSPS) is 13.7. The zero-order chi connectivity index (χ0) is 26.7. The molecule has 0 unspecified atom stereocenters. The zero-order valence-electron chi connectivity index (χ0n) is 20.7. The molecule has 0 amide bonds. The van der Waals surface area contributed by atoms with E-state index in [9.17, 15) is 18.0 Å². The number of ketones is 2. The third kappa shape index (κ3) is 4.86. The number of rotatable bonds is 7. The van der Waals surface area contributed by atoms with Gasteiger partial charge in [-0.05, 0) is 30.7 Å². The highest BCUT2D eigenvalue weighted by Crippen LogP contribution is 2.36. The summed E-state index contributed by atoms with van der Waals surface area (Å²) in [5.74, 6) is -0.702. The van der Waals surface area contributed by atoms with Crippen molar-refractivity contribution < 1.29 is 18.0 Å². The molecule has 0 N–H and O–H groups in total. The van der Waals surface area contributed by atoms with Gasteiger partial charge in [0.15, 0.2) is 11.6 Å². The van der Waals surface area contributed by atoms with Gasteiger partial charge in [-0.25, -0.2) is 8.42 Å². The molecule has 188 valence electrons. The van der Waals surface area contributed by atoms with E-state index < -0.39 is 10.0 Å². The van der Waals surface area contributed by atoms with Gasteiger partial charge in [0.05, 0.1) is 17.1 Å². The van der Waals surface area contributed by atoms with Crippen molar-refractivity contribution in [2.75, 3.05) is 6.54 Å². The van der Waals surface area contributed by atoms with Crippen LogP contribution in [0.1, 0.15) is 31.8 Å². The predicted molar refractivity (Wildman–Crippen MR) is 148 cm³/mol. The van der Waals surface area contributed by atoms with Crippen LogP contribution in [0.25, 0.3) is 5.70 Å². The number of carbonyl (C=O) groups is 2. The monoisotopic (exact) mass is 519 g/mol. The second-order valence-electron chi connectivity index (χ2n) is 9.01. The molecule has 0 saturated heterocycles. The minimum Gasteiger partial charge on any atom is -0.289 e. The molecule has 4 aromatic carbocycles. The molecule has 0 bridgehead atoms. The highest BCUT2D eigenvalue weighted by atomic mass is 32.2. The number of hydrogen-bond acceptors (Lipinski definition) is 4. The Kier molecular flexibility index (Phi) is 6.90. The van der Waals surface area contributed by atoms with Gasteiger partial charge in [0.25, 0.3) is 10.0 Å². The molecule has 0 fully saturated rings. The summed E-state index contributed by atoms with van der Waals surface area (Å²) >= 11 is 0. The third-order valence-electron chi connectivity index (χ3n) is 6.40. The third-order valence-corrected chi connectivity index (χ3v) is 8.16. The standard InChI is InChI=1S/C32H25NO4S/c1-23-17-19-28(20-18-23)38(36,37)33-22-27(31(34)25-13-7-3-8-14-25)21-29(30(33)24-11-5-2-6-12-24)32(35)26-15-9-4-10-16-26/h2-21H,22H2,1H3. The van der Waals surface area contributed by atoms with Crippen LogP contribution < -0.4 is 0 Å². The van der Waals surface area contributed by atoms with Crippen molar-refractivity contribution in [3.8, 4) is 0 Å². The first kappa shape index (κ1) is 25.1. The molecule has 0 radical (unpaired) electrons. The Labute approximate surface area is 222 Å². The molecule has 0 saturated carbocycles. The smallest absolute Gasteiger partial charge is 0.264 e. The molecule has 0 atom stereocenters. The zero-order valence-corrected chi connectivity index (χ0v) is 21.6. The summed E-state index contributed by atoms with van der Waals surface area (Å²) < 4.78 is 29.5. The Morgan fingerprint density at radius 3 is 1.71 bits per heavy atom. The van der Waals surface area contributed by atoms with E-state index in [4.69, 9.17) is 0 Å². The molecule has 0 spiro atoms. The second-order valence-corrected chi connectivity index (χ2v) is 10.9. The highest BCUT2D eigenvalue weighted by Gasteiger charge is 2.36. The highest BCUT2D eigenvalue weighted by molar-refractivity contribution is 7.89. The lowest BCUT2D eigenvalue weighted by molar-refractivity contribution is 0.102.